The molecule has 43 heteroatoms. The van der Waals surface area contributed by atoms with Crippen LogP contribution in [-0.2, 0) is 14.4 Å². The van der Waals surface area contributed by atoms with Crippen molar-refractivity contribution >= 4 is 76.6 Å². The molecule has 7 aromatic rings. The summed E-state index contributed by atoms with van der Waals surface area (Å²) < 4.78 is 159. The number of nitrogens with two attached hydrogens (primary N) is 3. The van der Waals surface area contributed by atoms with Gasteiger partial charge in [0.1, 0.15) is 37.8 Å². The number of hydrogen-bond donors (Lipinski definition) is 9. The second kappa shape index (κ2) is 31.0. The van der Waals surface area contributed by atoms with E-state index in [-0.39, 0.29) is 127 Å². The van der Waals surface area contributed by atoms with Crippen molar-refractivity contribution in [2.45, 2.75) is 151 Å². The van der Waals surface area contributed by atoms with Crippen molar-refractivity contribution in [2.24, 2.45) is 0 Å². The van der Waals surface area contributed by atoms with E-state index in [1.807, 2.05) is 16.0 Å². The molecular formula is C56H92F12N28O3. The topological polar surface area (TPSA) is 394 Å². The fourth-order valence-electron chi connectivity index (χ4n) is 11.8. The van der Waals surface area contributed by atoms with Gasteiger partial charge in [-0.15, -0.1) is 15.3 Å². The van der Waals surface area contributed by atoms with Crippen LogP contribution in [0.25, 0.3) is 17.8 Å². The van der Waals surface area contributed by atoms with Crippen LogP contribution in [0.15, 0.2) is 43.1 Å². The second-order valence-corrected chi connectivity index (χ2v) is 23.5. The molecule has 31 nitrogen and oxygen atoms in total. The van der Waals surface area contributed by atoms with E-state index in [9.17, 15) is 67.1 Å². The molecule has 12 N–H and O–H groups in total. The second-order valence-electron chi connectivity index (χ2n) is 23.5. The van der Waals surface area contributed by atoms with E-state index in [4.69, 9.17) is 17.2 Å². The molecule has 0 radical (unpaired) electrons. The lowest BCUT2D eigenvalue weighted by Gasteiger charge is -2.25. The van der Waals surface area contributed by atoms with Crippen LogP contribution < -0.4 is 63.8 Å². The number of amides is 3. The summed E-state index contributed by atoms with van der Waals surface area (Å²) in [4.78, 5) is 81.5. The van der Waals surface area contributed by atoms with Gasteiger partial charge in [0, 0.05) is 55.0 Å². The van der Waals surface area contributed by atoms with Crippen LogP contribution in [0.4, 0.5) is 112 Å². The SMILES string of the molecule is Nc1nc(NC2CCCCC2)nn1-c1ncc(F)c(N2CCC[C@@H]2C(=O)NCC(F)(F)F)n1.Nc1nc(NC2CCCCC2)nn1-c1ncc(F)c(N2CCC[C@@H]2C(=O)NCC(F)(F)F)n1.Nc1nc(Nc2cccnc2)nn1-c1ncc(F)c(N2CCC[C@@H]2C(=O)NCC(F)(F)F)n1.[HH].[HH].[HH].[HH].[HH].[HH].[HH].[HH].[HH].[HH].[HH].[HH]. The Morgan fingerprint density at radius 3 is 1.11 bits per heavy atom. The number of nitrogens with zero attached hydrogens (tertiary/aromatic N) is 19. The van der Waals surface area contributed by atoms with Gasteiger partial charge in [-0.2, -0.15) is 83.5 Å². The van der Waals surface area contributed by atoms with Gasteiger partial charge in [-0.1, -0.05) is 38.5 Å². The average Bonchev–Trinajstić information content (AvgIpc) is 1.70. The molecule has 5 aliphatic rings. The Kier molecular flexibility index (Phi) is 22.3. The summed E-state index contributed by atoms with van der Waals surface area (Å²) in [5, 5.41) is 27.6. The van der Waals surface area contributed by atoms with Crippen LogP contribution in [0.1, 0.15) is 120 Å². The monoisotopic (exact) mass is 1430 g/mol. The number of halogens is 12. The van der Waals surface area contributed by atoms with Crippen molar-refractivity contribution in [1.82, 2.24) is 95.1 Å². The van der Waals surface area contributed by atoms with Crippen LogP contribution in [0.2, 0.25) is 0 Å². The first kappa shape index (κ1) is 71.4. The largest absolute Gasteiger partial charge is 0.405 e. The van der Waals surface area contributed by atoms with Crippen LogP contribution >= 0.6 is 0 Å². The Morgan fingerprint density at radius 1 is 0.455 bits per heavy atom. The highest BCUT2D eigenvalue weighted by Crippen LogP contribution is 2.32. The summed E-state index contributed by atoms with van der Waals surface area (Å²) in [6.07, 6.45) is 5.26. The van der Waals surface area contributed by atoms with E-state index in [0.29, 0.717) is 36.8 Å². The summed E-state index contributed by atoms with van der Waals surface area (Å²) >= 11 is 0. The lowest BCUT2D eigenvalue weighted by atomic mass is 9.96. The first-order valence-electron chi connectivity index (χ1n) is 31.4. The molecule has 5 fully saturated rings. The van der Waals surface area contributed by atoms with Crippen molar-refractivity contribution in [2.75, 3.05) is 87.1 Å². The number of alkyl halides is 9. The van der Waals surface area contributed by atoms with Gasteiger partial charge in [-0.3, -0.25) is 19.4 Å². The molecule has 2 saturated carbocycles. The zero-order valence-electron chi connectivity index (χ0n) is 52.5. The minimum atomic E-state index is -4.56. The van der Waals surface area contributed by atoms with Gasteiger partial charge in [-0.05, 0) is 76.3 Å². The normalized spacial score (nSPS) is 18.5. The van der Waals surface area contributed by atoms with Crippen molar-refractivity contribution in [1.29, 1.82) is 0 Å². The van der Waals surface area contributed by atoms with Crippen molar-refractivity contribution in [3.8, 4) is 17.8 Å². The number of hydrogen-bond acceptors (Lipinski definition) is 25. The molecule has 3 saturated heterocycles. The highest BCUT2D eigenvalue weighted by atomic mass is 19.4. The van der Waals surface area contributed by atoms with Crippen molar-refractivity contribution in [3.63, 3.8) is 0 Å². The molecule has 3 atom stereocenters. The zero-order chi connectivity index (χ0) is 70.8. The number of carbonyl (C=O) groups excluding carboxylic acids is 3. The highest BCUT2D eigenvalue weighted by molar-refractivity contribution is 5.87. The summed E-state index contributed by atoms with van der Waals surface area (Å²) in [5.41, 5.74) is 18.4. The maximum absolute atomic E-state index is 14.6. The molecule has 0 aromatic carbocycles. The Labute approximate surface area is 572 Å². The van der Waals surface area contributed by atoms with Gasteiger partial charge in [0.2, 0.25) is 53.4 Å². The molecule has 0 unspecified atom stereocenters. The molecular weight excluding hydrogens is 1340 g/mol. The first-order chi connectivity index (χ1) is 47.1. The molecule has 99 heavy (non-hydrogen) atoms. The van der Waals surface area contributed by atoms with Crippen LogP contribution in [0.5, 0.6) is 0 Å². The van der Waals surface area contributed by atoms with E-state index in [1.165, 1.54) is 27.5 Å². The number of pyridine rings is 1. The fourth-order valence-corrected chi connectivity index (χ4v) is 11.8. The standard InChI is InChI=1S/2C19H25F4N9O.C18H18F4N10O.12H2/c2*20-12-9-25-18(32-16(24)29-17(30-32)27-11-5-2-1-3-6-11)28-14(12)31-8-4-7-13(31)15(33)26-10-19(21,22)23;19-11-8-25-17(32-15(23)29-16(30-32)27-10-3-1-5-24-7-10)28-13(11)31-6-2-4-12(31)14(33)26-9-18(20,21)22;;;;;;;;;;;;/h2*9,11,13H,1-8,10H2,(H,26,33)(H3,24,27,29,30);1,3,5,7-8,12H,2,4,6,9H2,(H,26,33)(H3,23,27,29,30);12*1H/t2*13-;12-;;;;;;;;;;;;/m111............/s1. The van der Waals surface area contributed by atoms with E-state index >= 15 is 0 Å². The summed E-state index contributed by atoms with van der Waals surface area (Å²) in [6, 6.07) is 0.921. The molecule has 3 amide bonds. The van der Waals surface area contributed by atoms with Crippen LogP contribution in [0, 0.1) is 17.5 Å². The summed E-state index contributed by atoms with van der Waals surface area (Å²) in [5.74, 6) is -5.33. The van der Waals surface area contributed by atoms with Gasteiger partial charge in [0.25, 0.3) is 17.8 Å². The van der Waals surface area contributed by atoms with E-state index in [1.54, 1.807) is 24.5 Å². The Hall–Kier alpha value is -10.4. The Bertz CT molecular complexity index is 3800. The van der Waals surface area contributed by atoms with E-state index < -0.39 is 91.5 Å². The molecule has 10 heterocycles. The average molecular weight is 1430 g/mol. The third-order valence-corrected chi connectivity index (χ3v) is 16.3. The third kappa shape index (κ3) is 18.8. The Balaban J connectivity index is -0.00000150. The van der Waals surface area contributed by atoms with Gasteiger partial charge in [-0.25, -0.2) is 28.1 Å². The predicted octanol–water partition coefficient (Wildman–Crippen LogP) is 8.86. The zero-order valence-corrected chi connectivity index (χ0v) is 52.5. The third-order valence-electron chi connectivity index (χ3n) is 16.3. The predicted molar refractivity (Wildman–Crippen MR) is 356 cm³/mol. The molecule has 558 valence electrons. The number of anilines is 10. The van der Waals surface area contributed by atoms with E-state index in [2.05, 4.69) is 81.1 Å². The maximum atomic E-state index is 14.6. The molecule has 0 spiro atoms. The van der Waals surface area contributed by atoms with Crippen molar-refractivity contribution in [3.05, 3.63) is 60.6 Å². The number of carbonyl (C=O) groups is 3. The number of nitrogen functional groups attached to an aromatic ring is 3. The Morgan fingerprint density at radius 2 is 0.788 bits per heavy atom. The first-order valence-corrected chi connectivity index (χ1v) is 31.4. The number of nitrogens with one attached hydrogen (secondary N) is 6. The summed E-state index contributed by atoms with van der Waals surface area (Å²) in [6.45, 7) is -3.68. The van der Waals surface area contributed by atoms with Gasteiger partial charge >= 0.3 is 18.5 Å². The number of rotatable bonds is 18. The molecule has 0 bridgehead atoms. The lowest BCUT2D eigenvalue weighted by molar-refractivity contribution is -0.139. The van der Waals surface area contributed by atoms with Gasteiger partial charge in [0.05, 0.1) is 30.5 Å². The van der Waals surface area contributed by atoms with Gasteiger partial charge in [0.15, 0.2) is 34.9 Å². The number of aromatic nitrogens is 16. The van der Waals surface area contributed by atoms with Gasteiger partial charge < -0.3 is 63.8 Å². The van der Waals surface area contributed by atoms with Crippen molar-refractivity contribution < 1.29 is 84.2 Å². The molecule has 12 rings (SSSR count). The highest BCUT2D eigenvalue weighted by Gasteiger charge is 2.40. The van der Waals surface area contributed by atoms with Crippen LogP contribution in [0.3, 0.4) is 0 Å². The molecule has 2 aliphatic carbocycles. The minimum Gasteiger partial charge on any atom is -0.368 e. The maximum Gasteiger partial charge on any atom is 0.405 e. The smallest absolute Gasteiger partial charge is 0.368 e. The quantitative estimate of drug-likeness (QED) is 0.0362. The summed E-state index contributed by atoms with van der Waals surface area (Å²) in [7, 11) is 0. The fraction of sp³-hybridized carbons (Fsp3) is 0.536. The van der Waals surface area contributed by atoms with E-state index in [0.717, 1.165) is 84.0 Å². The lowest BCUT2D eigenvalue weighted by Crippen LogP contribution is -2.46. The molecule has 7 aromatic heterocycles. The molecule has 3 aliphatic heterocycles. The van der Waals surface area contributed by atoms with Crippen LogP contribution in [-0.4, -0.2) is 185 Å². The minimum absolute atomic E-state index is 0.